The molecule has 1 unspecified atom stereocenters. The molecular formula is C16H20N4O. The molecule has 3 rings (SSSR count). The van der Waals surface area contributed by atoms with Crippen molar-refractivity contribution in [1.29, 1.82) is 0 Å². The normalized spacial score (nSPS) is 17.4. The topological polar surface area (TPSA) is 50.2 Å². The summed E-state index contributed by atoms with van der Waals surface area (Å²) in [6.07, 6.45) is 2.55. The maximum Gasteiger partial charge on any atom is 0.225 e. The Balaban J connectivity index is 1.65. The van der Waals surface area contributed by atoms with Crippen LogP contribution in [0.3, 0.4) is 0 Å². The molecule has 2 heterocycles. The van der Waals surface area contributed by atoms with Crippen molar-refractivity contribution in [1.82, 2.24) is 15.1 Å². The molecule has 0 fully saturated rings. The Morgan fingerprint density at radius 3 is 2.90 bits per heavy atom. The number of aryl methyl sites for hydroxylation is 1. The van der Waals surface area contributed by atoms with Gasteiger partial charge in [-0.1, -0.05) is 18.2 Å². The highest BCUT2D eigenvalue weighted by Gasteiger charge is 2.27. The first-order valence-corrected chi connectivity index (χ1v) is 7.19. The number of hydrogen-bond acceptors (Lipinski definition) is 3. The summed E-state index contributed by atoms with van der Waals surface area (Å²) >= 11 is 0. The first-order valence-electron chi connectivity index (χ1n) is 7.19. The van der Waals surface area contributed by atoms with Gasteiger partial charge in [0.1, 0.15) is 0 Å². The molecule has 0 bridgehead atoms. The van der Waals surface area contributed by atoms with E-state index in [1.807, 2.05) is 32.3 Å². The third-order valence-corrected chi connectivity index (χ3v) is 4.10. The second-order valence-corrected chi connectivity index (χ2v) is 5.57. The Morgan fingerprint density at radius 2 is 2.14 bits per heavy atom. The first kappa shape index (κ1) is 13.7. The number of benzene rings is 1. The average Bonchev–Trinajstić information content (AvgIpc) is 2.90. The van der Waals surface area contributed by atoms with E-state index >= 15 is 0 Å². The van der Waals surface area contributed by atoms with Crippen LogP contribution in [0, 0.1) is 5.92 Å². The van der Waals surface area contributed by atoms with Gasteiger partial charge in [-0.3, -0.25) is 9.48 Å². The van der Waals surface area contributed by atoms with E-state index in [0.29, 0.717) is 6.54 Å². The SMILES string of the molecule is CN1CC(C(=O)NCc2ccnn2C)Cc2ccccc21. The van der Waals surface area contributed by atoms with E-state index in [1.165, 1.54) is 11.3 Å². The van der Waals surface area contributed by atoms with Crippen LogP contribution >= 0.6 is 0 Å². The fourth-order valence-electron chi connectivity index (χ4n) is 2.89. The van der Waals surface area contributed by atoms with Crippen molar-refractivity contribution in [3.8, 4) is 0 Å². The molecule has 1 amide bonds. The van der Waals surface area contributed by atoms with E-state index in [0.717, 1.165) is 18.7 Å². The summed E-state index contributed by atoms with van der Waals surface area (Å²) in [5.74, 6) is 0.107. The number of nitrogens with zero attached hydrogens (tertiary/aromatic N) is 3. The Bertz CT molecular complexity index is 649. The number of fused-ring (bicyclic) bond motifs is 1. The molecule has 1 aliphatic heterocycles. The zero-order valence-electron chi connectivity index (χ0n) is 12.4. The van der Waals surface area contributed by atoms with Gasteiger partial charge in [-0.25, -0.2) is 0 Å². The van der Waals surface area contributed by atoms with Crippen LogP contribution in [0.2, 0.25) is 0 Å². The number of anilines is 1. The van der Waals surface area contributed by atoms with Crippen LogP contribution in [0.4, 0.5) is 5.69 Å². The van der Waals surface area contributed by atoms with E-state index < -0.39 is 0 Å². The zero-order valence-corrected chi connectivity index (χ0v) is 12.4. The minimum absolute atomic E-state index is 0.00173. The smallest absolute Gasteiger partial charge is 0.225 e. The third kappa shape index (κ3) is 2.77. The number of rotatable bonds is 3. The van der Waals surface area contributed by atoms with E-state index in [2.05, 4.69) is 27.4 Å². The van der Waals surface area contributed by atoms with Gasteiger partial charge in [0, 0.05) is 32.5 Å². The monoisotopic (exact) mass is 284 g/mol. The molecule has 0 radical (unpaired) electrons. The molecule has 1 atom stereocenters. The minimum atomic E-state index is -0.00173. The lowest BCUT2D eigenvalue weighted by atomic mass is 9.92. The lowest BCUT2D eigenvalue weighted by Gasteiger charge is -2.32. The summed E-state index contributed by atoms with van der Waals surface area (Å²) in [5.41, 5.74) is 3.48. The first-order chi connectivity index (χ1) is 10.1. The molecule has 1 aromatic heterocycles. The van der Waals surface area contributed by atoms with E-state index in [-0.39, 0.29) is 11.8 Å². The van der Waals surface area contributed by atoms with Crippen LogP contribution < -0.4 is 10.2 Å². The second-order valence-electron chi connectivity index (χ2n) is 5.57. The van der Waals surface area contributed by atoms with Crippen LogP contribution in [-0.2, 0) is 24.8 Å². The van der Waals surface area contributed by atoms with Crippen molar-refractivity contribution < 1.29 is 4.79 Å². The number of amides is 1. The lowest BCUT2D eigenvalue weighted by Crippen LogP contribution is -2.41. The van der Waals surface area contributed by atoms with Crippen molar-refractivity contribution in [3.63, 3.8) is 0 Å². The van der Waals surface area contributed by atoms with Gasteiger partial charge in [-0.05, 0) is 24.1 Å². The number of hydrogen-bond donors (Lipinski definition) is 1. The highest BCUT2D eigenvalue weighted by atomic mass is 16.1. The van der Waals surface area contributed by atoms with Crippen LogP contribution in [-0.4, -0.2) is 29.3 Å². The Hall–Kier alpha value is -2.30. The molecule has 1 N–H and O–H groups in total. The van der Waals surface area contributed by atoms with Gasteiger partial charge in [0.25, 0.3) is 0 Å². The standard InChI is InChI=1S/C16H20N4O/c1-19-11-13(9-12-5-3-4-6-15(12)19)16(21)17-10-14-7-8-18-20(14)2/h3-8,13H,9-11H2,1-2H3,(H,17,21). The number of para-hydroxylation sites is 1. The Labute approximate surface area is 124 Å². The molecule has 0 saturated carbocycles. The average molecular weight is 284 g/mol. The summed E-state index contributed by atoms with van der Waals surface area (Å²) in [4.78, 5) is 14.6. The molecule has 21 heavy (non-hydrogen) atoms. The maximum atomic E-state index is 12.4. The Kier molecular flexibility index (Phi) is 3.64. The van der Waals surface area contributed by atoms with Crippen LogP contribution in [0.1, 0.15) is 11.3 Å². The van der Waals surface area contributed by atoms with E-state index in [9.17, 15) is 4.79 Å². The van der Waals surface area contributed by atoms with Crippen molar-refractivity contribution in [2.75, 3.05) is 18.5 Å². The van der Waals surface area contributed by atoms with Crippen molar-refractivity contribution in [3.05, 3.63) is 47.8 Å². The summed E-state index contributed by atoms with van der Waals surface area (Å²) < 4.78 is 1.78. The molecule has 0 spiro atoms. The molecule has 110 valence electrons. The molecule has 2 aromatic rings. The number of carbonyl (C=O) groups is 1. The highest BCUT2D eigenvalue weighted by molar-refractivity contribution is 5.81. The predicted molar refractivity (Wildman–Crippen MR) is 82.0 cm³/mol. The molecule has 1 aliphatic rings. The predicted octanol–water partition coefficient (Wildman–Crippen LogP) is 1.34. The lowest BCUT2D eigenvalue weighted by molar-refractivity contribution is -0.125. The fraction of sp³-hybridized carbons (Fsp3) is 0.375. The van der Waals surface area contributed by atoms with Gasteiger partial charge in [0.15, 0.2) is 0 Å². The fourth-order valence-corrected chi connectivity index (χ4v) is 2.89. The molecule has 0 saturated heterocycles. The maximum absolute atomic E-state index is 12.4. The van der Waals surface area contributed by atoms with Crippen molar-refractivity contribution >= 4 is 11.6 Å². The highest BCUT2D eigenvalue weighted by Crippen LogP contribution is 2.28. The second kappa shape index (κ2) is 5.60. The molecule has 5 heteroatoms. The van der Waals surface area contributed by atoms with Crippen molar-refractivity contribution in [2.45, 2.75) is 13.0 Å². The third-order valence-electron chi connectivity index (χ3n) is 4.10. The van der Waals surface area contributed by atoms with Crippen LogP contribution in [0.5, 0.6) is 0 Å². The zero-order chi connectivity index (χ0) is 14.8. The summed E-state index contributed by atoms with van der Waals surface area (Å²) in [6.45, 7) is 1.28. The van der Waals surface area contributed by atoms with E-state index in [1.54, 1.807) is 10.9 Å². The van der Waals surface area contributed by atoms with Crippen molar-refractivity contribution in [2.24, 2.45) is 13.0 Å². The summed E-state index contributed by atoms with van der Waals surface area (Å²) in [6, 6.07) is 10.2. The summed E-state index contributed by atoms with van der Waals surface area (Å²) in [5, 5.41) is 7.13. The van der Waals surface area contributed by atoms with Crippen LogP contribution in [0.15, 0.2) is 36.5 Å². The van der Waals surface area contributed by atoms with Gasteiger partial charge >= 0.3 is 0 Å². The van der Waals surface area contributed by atoms with Gasteiger partial charge < -0.3 is 10.2 Å². The largest absolute Gasteiger partial charge is 0.374 e. The van der Waals surface area contributed by atoms with Gasteiger partial charge in [-0.15, -0.1) is 0 Å². The number of carbonyl (C=O) groups excluding carboxylic acids is 1. The quantitative estimate of drug-likeness (QED) is 0.925. The van der Waals surface area contributed by atoms with E-state index in [4.69, 9.17) is 0 Å². The van der Waals surface area contributed by atoms with Crippen LogP contribution in [0.25, 0.3) is 0 Å². The van der Waals surface area contributed by atoms with Gasteiger partial charge in [0.2, 0.25) is 5.91 Å². The molecule has 1 aromatic carbocycles. The molecule has 0 aliphatic carbocycles. The summed E-state index contributed by atoms with van der Waals surface area (Å²) in [7, 11) is 3.92. The Morgan fingerprint density at radius 1 is 1.33 bits per heavy atom. The number of aromatic nitrogens is 2. The molecular weight excluding hydrogens is 264 g/mol. The van der Waals surface area contributed by atoms with Gasteiger partial charge in [0.05, 0.1) is 18.2 Å². The van der Waals surface area contributed by atoms with Gasteiger partial charge in [-0.2, -0.15) is 5.10 Å². The minimum Gasteiger partial charge on any atom is -0.374 e. The molecule has 5 nitrogen and oxygen atoms in total. The number of nitrogens with one attached hydrogen (secondary N) is 1.